The molecular weight excluding hydrogens is 646 g/mol. The molecule has 2 amide bonds. The minimum absolute atomic E-state index is 0.0121. The third-order valence-corrected chi connectivity index (χ3v) is 9.01. The molecule has 0 spiro atoms. The fraction of sp³-hybridized carbons (Fsp3) is 0.344. The second kappa shape index (κ2) is 12.7. The number of benzene rings is 2. The van der Waals surface area contributed by atoms with Crippen molar-refractivity contribution in [3.8, 4) is 0 Å². The van der Waals surface area contributed by atoms with Gasteiger partial charge in [0.05, 0.1) is 50.0 Å². The van der Waals surface area contributed by atoms with E-state index < -0.39 is 41.0 Å². The monoisotopic (exact) mass is 677 g/mol. The Morgan fingerprint density at radius 1 is 0.875 bits per heavy atom. The molecule has 48 heavy (non-hydrogen) atoms. The number of aromatic nitrogens is 4. The number of nitrogens with zero attached hydrogens (tertiary/aromatic N) is 7. The molecule has 6 rings (SSSR count). The van der Waals surface area contributed by atoms with Crippen LogP contribution in [-0.2, 0) is 39.7 Å². The lowest BCUT2D eigenvalue weighted by Gasteiger charge is -2.37. The van der Waals surface area contributed by atoms with Crippen LogP contribution in [-0.4, -0.2) is 93.8 Å². The van der Waals surface area contributed by atoms with Gasteiger partial charge in [-0.1, -0.05) is 23.7 Å². The first-order chi connectivity index (χ1) is 22.9. The zero-order valence-electron chi connectivity index (χ0n) is 26.6. The number of rotatable bonds is 7. The van der Waals surface area contributed by atoms with E-state index >= 15 is 0 Å². The SMILES string of the molecule is COC(=O)c1cc(C(=O)OC)cc(N2C(=O)CC(N3CCN(c4nc5c(c(=O)n(C)c(=O)n5C)n4Cc4ccc(Cl)cc4)CC3)C2=O)c1. The standard InChI is InChI=1S/C32H32ClN7O8/c1-35-26-25(28(43)36(2)32(35)46)39(17-18-5-7-21(33)8-6-18)31(34-26)38-11-9-37(10-12-38)23-16-24(41)40(27(23)42)22-14-19(29(44)47-3)13-20(15-22)30(45)48-4/h5-8,13-15,23H,9-12,16-17H2,1-4H3. The van der Waals surface area contributed by atoms with Crippen LogP contribution in [0, 0.1) is 0 Å². The molecule has 2 aromatic heterocycles. The number of methoxy groups -OCH3 is 2. The van der Waals surface area contributed by atoms with E-state index in [1.807, 2.05) is 21.9 Å². The summed E-state index contributed by atoms with van der Waals surface area (Å²) >= 11 is 6.10. The summed E-state index contributed by atoms with van der Waals surface area (Å²) in [6.45, 7) is 1.86. The van der Waals surface area contributed by atoms with Crippen molar-refractivity contribution in [2.75, 3.05) is 50.2 Å². The largest absolute Gasteiger partial charge is 0.465 e. The van der Waals surface area contributed by atoms with Gasteiger partial charge in [0.25, 0.3) is 11.5 Å². The van der Waals surface area contributed by atoms with Gasteiger partial charge in [0, 0.05) is 45.3 Å². The Labute approximate surface area is 278 Å². The van der Waals surface area contributed by atoms with Crippen molar-refractivity contribution in [1.29, 1.82) is 0 Å². The fourth-order valence-electron chi connectivity index (χ4n) is 6.22. The van der Waals surface area contributed by atoms with E-state index in [1.165, 1.54) is 44.0 Å². The first kappa shape index (κ1) is 32.7. The molecule has 0 saturated carbocycles. The van der Waals surface area contributed by atoms with Gasteiger partial charge in [-0.15, -0.1) is 0 Å². The van der Waals surface area contributed by atoms with Crippen molar-refractivity contribution >= 4 is 58.2 Å². The highest BCUT2D eigenvalue weighted by Crippen LogP contribution is 2.30. The molecular formula is C32H32ClN7O8. The molecule has 250 valence electrons. The van der Waals surface area contributed by atoms with Gasteiger partial charge < -0.3 is 14.4 Å². The Balaban J connectivity index is 1.27. The molecule has 2 saturated heterocycles. The van der Waals surface area contributed by atoms with Crippen LogP contribution in [0.15, 0.2) is 52.1 Å². The number of piperazine rings is 1. The van der Waals surface area contributed by atoms with Crippen molar-refractivity contribution in [3.63, 3.8) is 0 Å². The van der Waals surface area contributed by atoms with Crippen molar-refractivity contribution < 1.29 is 28.7 Å². The number of amides is 2. The van der Waals surface area contributed by atoms with Gasteiger partial charge in [0.2, 0.25) is 11.9 Å². The third kappa shape index (κ3) is 5.64. The van der Waals surface area contributed by atoms with Crippen LogP contribution in [0.4, 0.5) is 11.6 Å². The summed E-state index contributed by atoms with van der Waals surface area (Å²) in [6.07, 6.45) is -0.0952. The summed E-state index contributed by atoms with van der Waals surface area (Å²) in [5, 5.41) is 0.572. The number of imide groups is 1. The molecule has 0 N–H and O–H groups in total. The van der Waals surface area contributed by atoms with Crippen molar-refractivity contribution in [2.45, 2.75) is 19.0 Å². The third-order valence-electron chi connectivity index (χ3n) is 8.76. The second-order valence-corrected chi connectivity index (χ2v) is 12.0. The highest BCUT2D eigenvalue weighted by atomic mass is 35.5. The summed E-state index contributed by atoms with van der Waals surface area (Å²) in [5.74, 6) is -1.96. The number of carbonyl (C=O) groups is 4. The van der Waals surface area contributed by atoms with Crippen molar-refractivity contribution in [2.24, 2.45) is 14.1 Å². The average Bonchev–Trinajstić information content (AvgIpc) is 3.62. The maximum Gasteiger partial charge on any atom is 0.337 e. The van der Waals surface area contributed by atoms with Crippen LogP contribution in [0.1, 0.15) is 32.7 Å². The number of ether oxygens (including phenoxy) is 2. The van der Waals surface area contributed by atoms with E-state index in [0.717, 1.165) is 15.0 Å². The first-order valence-corrected chi connectivity index (χ1v) is 15.4. The topological polar surface area (TPSA) is 158 Å². The predicted molar refractivity (Wildman–Crippen MR) is 175 cm³/mol. The summed E-state index contributed by atoms with van der Waals surface area (Å²) in [7, 11) is 5.35. The van der Waals surface area contributed by atoms with E-state index in [-0.39, 0.29) is 34.4 Å². The second-order valence-electron chi connectivity index (χ2n) is 11.6. The number of halogens is 1. The molecule has 1 unspecified atom stereocenters. The van der Waals surface area contributed by atoms with Crippen LogP contribution in [0.3, 0.4) is 0 Å². The molecule has 2 aromatic carbocycles. The first-order valence-electron chi connectivity index (χ1n) is 15.0. The van der Waals surface area contributed by atoms with Crippen LogP contribution >= 0.6 is 11.6 Å². The van der Waals surface area contributed by atoms with Gasteiger partial charge in [-0.05, 0) is 35.9 Å². The molecule has 4 heterocycles. The quantitative estimate of drug-likeness (QED) is 0.204. The van der Waals surface area contributed by atoms with Gasteiger partial charge in [-0.3, -0.25) is 33.0 Å². The Hall–Kier alpha value is -5.28. The predicted octanol–water partition coefficient (Wildman–Crippen LogP) is 1.16. The van der Waals surface area contributed by atoms with Crippen molar-refractivity contribution in [3.05, 3.63) is 85.0 Å². The number of imidazole rings is 1. The number of esters is 2. The zero-order chi connectivity index (χ0) is 34.4. The molecule has 4 aromatic rings. The lowest BCUT2D eigenvalue weighted by atomic mass is 10.1. The molecule has 15 nitrogen and oxygen atoms in total. The molecule has 0 radical (unpaired) electrons. The van der Waals surface area contributed by atoms with Crippen LogP contribution in [0.25, 0.3) is 11.2 Å². The smallest absolute Gasteiger partial charge is 0.337 e. The van der Waals surface area contributed by atoms with Crippen molar-refractivity contribution in [1.82, 2.24) is 23.6 Å². The lowest BCUT2D eigenvalue weighted by Crippen LogP contribution is -2.53. The minimum atomic E-state index is -0.774. The minimum Gasteiger partial charge on any atom is -0.465 e. The molecule has 1 atom stereocenters. The lowest BCUT2D eigenvalue weighted by molar-refractivity contribution is -0.123. The molecule has 0 aliphatic carbocycles. The Bertz CT molecular complexity index is 2060. The summed E-state index contributed by atoms with van der Waals surface area (Å²) in [4.78, 5) is 87.3. The van der Waals surface area contributed by atoms with Gasteiger partial charge >= 0.3 is 17.6 Å². The number of carbonyl (C=O) groups excluding carboxylic acids is 4. The molecule has 2 fully saturated rings. The Morgan fingerprint density at radius 2 is 1.48 bits per heavy atom. The fourth-order valence-corrected chi connectivity index (χ4v) is 6.34. The Kier molecular flexibility index (Phi) is 8.66. The van der Waals surface area contributed by atoms with Gasteiger partial charge in [0.1, 0.15) is 0 Å². The molecule has 0 bridgehead atoms. The number of hydrogen-bond donors (Lipinski definition) is 0. The summed E-state index contributed by atoms with van der Waals surface area (Å²) in [5.41, 5.74) is 0.477. The van der Waals surface area contributed by atoms with Gasteiger partial charge in [-0.25, -0.2) is 19.3 Å². The Morgan fingerprint density at radius 3 is 2.06 bits per heavy atom. The maximum absolute atomic E-state index is 13.7. The van der Waals surface area contributed by atoms with E-state index in [2.05, 4.69) is 0 Å². The maximum atomic E-state index is 13.7. The van der Waals surface area contributed by atoms with E-state index in [1.54, 1.807) is 23.7 Å². The van der Waals surface area contributed by atoms with E-state index in [4.69, 9.17) is 26.1 Å². The van der Waals surface area contributed by atoms with E-state index in [0.29, 0.717) is 43.7 Å². The number of fused-ring (bicyclic) bond motifs is 1. The van der Waals surface area contributed by atoms with Gasteiger partial charge in [-0.2, -0.15) is 4.98 Å². The number of anilines is 2. The molecule has 2 aliphatic rings. The molecule has 2 aliphatic heterocycles. The summed E-state index contributed by atoms with van der Waals surface area (Å²) < 4.78 is 13.8. The summed E-state index contributed by atoms with van der Waals surface area (Å²) in [6, 6.07) is 10.4. The normalized spacial score (nSPS) is 17.0. The highest BCUT2D eigenvalue weighted by Gasteiger charge is 2.44. The number of hydrogen-bond acceptors (Lipinski definition) is 11. The van der Waals surface area contributed by atoms with Crippen LogP contribution in [0.5, 0.6) is 0 Å². The van der Waals surface area contributed by atoms with E-state index in [9.17, 15) is 28.8 Å². The zero-order valence-corrected chi connectivity index (χ0v) is 27.4. The number of aryl methyl sites for hydroxylation is 1. The average molecular weight is 678 g/mol. The van der Waals surface area contributed by atoms with Crippen LogP contribution in [0.2, 0.25) is 5.02 Å². The van der Waals surface area contributed by atoms with Crippen LogP contribution < -0.4 is 21.0 Å². The highest BCUT2D eigenvalue weighted by molar-refractivity contribution is 6.30. The molecule has 16 heteroatoms. The van der Waals surface area contributed by atoms with Gasteiger partial charge in [0.15, 0.2) is 11.2 Å².